The summed E-state index contributed by atoms with van der Waals surface area (Å²) in [4.78, 5) is 31.4. The van der Waals surface area contributed by atoms with Crippen molar-refractivity contribution in [3.63, 3.8) is 0 Å². The fourth-order valence-corrected chi connectivity index (χ4v) is 5.48. The number of ether oxygens (including phenoxy) is 1. The molecule has 1 fully saturated rings. The Kier molecular flexibility index (Phi) is 6.59. The molecule has 0 spiro atoms. The maximum Gasteiger partial charge on any atom is 0.283 e. The SMILES string of the molecule is Cc1ccc(Cl)cc1-n1c(C)cc(/C=C2/C(=N)N3N=C(CC(=O)N4CCOCC4)SC3=NC2=O)c1C. The number of nitrogens with one attached hydrogen (secondary N) is 1. The third-order valence-electron chi connectivity index (χ3n) is 6.34. The Hall–Kier alpha value is -3.21. The van der Waals surface area contributed by atoms with Gasteiger partial charge in [0.05, 0.1) is 25.2 Å². The van der Waals surface area contributed by atoms with Crippen LogP contribution in [0.4, 0.5) is 0 Å². The average Bonchev–Trinajstić information content (AvgIpc) is 3.38. The van der Waals surface area contributed by atoms with Crippen molar-refractivity contribution in [3.05, 3.63) is 57.4 Å². The van der Waals surface area contributed by atoms with E-state index in [9.17, 15) is 9.59 Å². The third-order valence-corrected chi connectivity index (χ3v) is 7.49. The van der Waals surface area contributed by atoms with Crippen LogP contribution < -0.4 is 0 Å². The normalized spacial score (nSPS) is 19.1. The number of nitrogens with zero attached hydrogens (tertiary/aromatic N) is 5. The van der Waals surface area contributed by atoms with E-state index in [2.05, 4.69) is 14.7 Å². The highest BCUT2D eigenvalue weighted by molar-refractivity contribution is 8.27. The van der Waals surface area contributed by atoms with Gasteiger partial charge in [-0.15, -0.1) is 0 Å². The Bertz CT molecular complexity index is 1390. The summed E-state index contributed by atoms with van der Waals surface area (Å²) in [6.45, 7) is 8.11. The van der Waals surface area contributed by atoms with Crippen LogP contribution in [0, 0.1) is 26.2 Å². The highest BCUT2D eigenvalue weighted by Crippen LogP contribution is 2.31. The van der Waals surface area contributed by atoms with Crippen molar-refractivity contribution in [2.75, 3.05) is 26.3 Å². The van der Waals surface area contributed by atoms with Gasteiger partial charge in [0.25, 0.3) is 5.91 Å². The van der Waals surface area contributed by atoms with Crippen LogP contribution in [0.2, 0.25) is 5.02 Å². The van der Waals surface area contributed by atoms with Gasteiger partial charge in [0.15, 0.2) is 5.84 Å². The summed E-state index contributed by atoms with van der Waals surface area (Å²) in [6, 6.07) is 7.70. The molecule has 0 atom stereocenters. The number of hydrogen-bond acceptors (Lipinski definition) is 6. The number of aliphatic imine (C=N–C) groups is 1. The minimum absolute atomic E-state index is 0.0534. The van der Waals surface area contributed by atoms with Crippen LogP contribution in [-0.4, -0.2) is 68.6 Å². The molecule has 11 heteroatoms. The van der Waals surface area contributed by atoms with Crippen LogP contribution in [0.15, 0.2) is 39.9 Å². The first kappa shape index (κ1) is 24.5. The van der Waals surface area contributed by atoms with E-state index in [0.717, 1.165) is 40.0 Å². The lowest BCUT2D eigenvalue weighted by Crippen LogP contribution is -2.41. The number of rotatable bonds is 4. The first-order valence-corrected chi connectivity index (χ1v) is 12.7. The number of thioether (sulfide) groups is 1. The van der Waals surface area contributed by atoms with Gasteiger partial charge in [0.1, 0.15) is 5.04 Å². The zero-order valence-corrected chi connectivity index (χ0v) is 21.7. The highest BCUT2D eigenvalue weighted by Gasteiger charge is 2.36. The molecule has 0 saturated carbocycles. The molecule has 0 radical (unpaired) electrons. The smallest absolute Gasteiger partial charge is 0.283 e. The molecule has 0 aliphatic carbocycles. The number of aromatic nitrogens is 1. The molecule has 2 aromatic rings. The number of benzene rings is 1. The van der Waals surface area contributed by atoms with E-state index in [1.165, 1.54) is 5.01 Å². The highest BCUT2D eigenvalue weighted by atomic mass is 35.5. The van der Waals surface area contributed by atoms with Crippen LogP contribution in [0.3, 0.4) is 0 Å². The molecule has 186 valence electrons. The van der Waals surface area contributed by atoms with Gasteiger partial charge in [0.2, 0.25) is 11.1 Å². The number of carbonyl (C=O) groups excluding carboxylic acids is 2. The molecule has 0 bridgehead atoms. The topological polar surface area (TPSA) is 103 Å². The standard InChI is InChI=1S/C25H25ClN6O3S/c1-14-4-5-18(26)12-20(14)31-15(2)10-17(16(31)3)11-19-23(27)32-25(28-24(19)34)36-21(29-32)13-22(33)30-6-8-35-9-7-30/h4-5,10-12,27H,6-9,13H2,1-3H3/b19-11-,27-23?. The summed E-state index contributed by atoms with van der Waals surface area (Å²) < 4.78 is 7.38. The van der Waals surface area contributed by atoms with Crippen molar-refractivity contribution in [1.82, 2.24) is 14.5 Å². The van der Waals surface area contributed by atoms with E-state index in [0.29, 0.717) is 41.5 Å². The lowest BCUT2D eigenvalue weighted by Gasteiger charge is -2.26. The molecule has 1 aromatic carbocycles. The summed E-state index contributed by atoms with van der Waals surface area (Å²) in [7, 11) is 0. The zero-order chi connectivity index (χ0) is 25.6. The second-order valence-electron chi connectivity index (χ2n) is 8.78. The maximum absolute atomic E-state index is 12.9. The number of amides is 2. The third kappa shape index (κ3) is 4.52. The number of fused-ring (bicyclic) bond motifs is 1. The molecular weight excluding hydrogens is 500 g/mol. The number of morpholine rings is 1. The molecule has 5 rings (SSSR count). The van der Waals surface area contributed by atoms with Gasteiger partial charge in [0, 0.05) is 35.2 Å². The first-order chi connectivity index (χ1) is 17.2. The Morgan fingerprint density at radius 3 is 2.72 bits per heavy atom. The van der Waals surface area contributed by atoms with Crippen molar-refractivity contribution in [2.24, 2.45) is 10.1 Å². The van der Waals surface area contributed by atoms with Gasteiger partial charge < -0.3 is 14.2 Å². The summed E-state index contributed by atoms with van der Waals surface area (Å²) in [5.74, 6) is -0.615. The van der Waals surface area contributed by atoms with Gasteiger partial charge in [-0.1, -0.05) is 17.7 Å². The monoisotopic (exact) mass is 524 g/mol. The van der Waals surface area contributed by atoms with Crippen LogP contribution in [0.1, 0.15) is 28.9 Å². The molecule has 9 nitrogen and oxygen atoms in total. The molecule has 1 saturated heterocycles. The van der Waals surface area contributed by atoms with E-state index in [4.69, 9.17) is 21.7 Å². The van der Waals surface area contributed by atoms with Crippen molar-refractivity contribution < 1.29 is 14.3 Å². The van der Waals surface area contributed by atoms with E-state index in [1.54, 1.807) is 11.0 Å². The molecular formula is C25H25ClN6O3S. The fraction of sp³-hybridized carbons (Fsp3) is 0.320. The Balaban J connectivity index is 1.41. The Morgan fingerprint density at radius 1 is 1.22 bits per heavy atom. The molecule has 2 amide bonds. The largest absolute Gasteiger partial charge is 0.378 e. The quantitative estimate of drug-likeness (QED) is 0.610. The number of hydrazone groups is 1. The van der Waals surface area contributed by atoms with Gasteiger partial charge in [-0.3, -0.25) is 15.0 Å². The van der Waals surface area contributed by atoms with Crippen LogP contribution >= 0.6 is 23.4 Å². The van der Waals surface area contributed by atoms with Crippen LogP contribution in [0.5, 0.6) is 0 Å². The van der Waals surface area contributed by atoms with Crippen molar-refractivity contribution in [2.45, 2.75) is 27.2 Å². The number of aryl methyl sites for hydroxylation is 2. The van der Waals surface area contributed by atoms with Gasteiger partial charge >= 0.3 is 0 Å². The van der Waals surface area contributed by atoms with Crippen molar-refractivity contribution >= 4 is 57.3 Å². The lowest BCUT2D eigenvalue weighted by molar-refractivity contribution is -0.133. The van der Waals surface area contributed by atoms with Crippen LogP contribution in [-0.2, 0) is 14.3 Å². The zero-order valence-electron chi connectivity index (χ0n) is 20.2. The number of halogens is 1. The summed E-state index contributed by atoms with van der Waals surface area (Å²) >= 11 is 7.40. The average molecular weight is 525 g/mol. The van der Waals surface area contributed by atoms with Gasteiger partial charge in [-0.05, 0) is 67.9 Å². The second-order valence-corrected chi connectivity index (χ2v) is 10.3. The molecule has 4 heterocycles. The predicted octanol–water partition coefficient (Wildman–Crippen LogP) is 3.92. The predicted molar refractivity (Wildman–Crippen MR) is 142 cm³/mol. The fourth-order valence-electron chi connectivity index (χ4n) is 4.44. The van der Waals surface area contributed by atoms with Gasteiger partial charge in [-0.2, -0.15) is 15.1 Å². The summed E-state index contributed by atoms with van der Waals surface area (Å²) in [5.41, 5.74) is 4.87. The molecule has 36 heavy (non-hydrogen) atoms. The van der Waals surface area contributed by atoms with E-state index < -0.39 is 5.91 Å². The molecule has 1 N–H and O–H groups in total. The minimum atomic E-state index is -0.501. The van der Waals surface area contributed by atoms with Gasteiger partial charge in [-0.25, -0.2) is 0 Å². The number of hydrogen-bond donors (Lipinski definition) is 1. The molecule has 0 unspecified atom stereocenters. The lowest BCUT2D eigenvalue weighted by atomic mass is 10.1. The first-order valence-electron chi connectivity index (χ1n) is 11.5. The van der Waals surface area contributed by atoms with Crippen molar-refractivity contribution in [1.29, 1.82) is 5.41 Å². The summed E-state index contributed by atoms with van der Waals surface area (Å²) in [6.07, 6.45) is 1.78. The maximum atomic E-state index is 12.9. The van der Waals surface area contributed by atoms with Crippen molar-refractivity contribution in [3.8, 4) is 5.69 Å². The second kappa shape index (κ2) is 9.68. The number of carbonyl (C=O) groups is 2. The molecule has 3 aliphatic heterocycles. The van der Waals surface area contributed by atoms with E-state index in [-0.39, 0.29) is 23.7 Å². The molecule has 1 aromatic heterocycles. The minimum Gasteiger partial charge on any atom is -0.378 e. The summed E-state index contributed by atoms with van der Waals surface area (Å²) in [5, 5.41) is 15.9. The van der Waals surface area contributed by atoms with E-state index in [1.807, 2.05) is 45.0 Å². The Morgan fingerprint density at radius 2 is 1.97 bits per heavy atom. The molecule has 3 aliphatic rings. The number of amidine groups is 2. The van der Waals surface area contributed by atoms with E-state index >= 15 is 0 Å². The van der Waals surface area contributed by atoms with Crippen LogP contribution in [0.25, 0.3) is 11.8 Å². The Labute approximate surface area is 218 Å².